The van der Waals surface area contributed by atoms with Crippen molar-refractivity contribution in [2.24, 2.45) is 17.1 Å². The Labute approximate surface area is 94.0 Å². The number of hydrogen-bond acceptors (Lipinski definition) is 2. The average molecular weight is 208 g/mol. The van der Waals surface area contributed by atoms with Gasteiger partial charge in [0.2, 0.25) is 0 Å². The van der Waals surface area contributed by atoms with Crippen LogP contribution >= 0.6 is 0 Å². The minimum Gasteiger partial charge on any atom is -0.329 e. The van der Waals surface area contributed by atoms with Crippen molar-refractivity contribution in [1.82, 2.24) is 5.32 Å². The van der Waals surface area contributed by atoms with E-state index in [1.807, 2.05) is 0 Å². The summed E-state index contributed by atoms with van der Waals surface area (Å²) in [4.78, 5) is 0. The highest BCUT2D eigenvalue weighted by Gasteiger charge is 2.47. The highest BCUT2D eigenvalue weighted by Crippen LogP contribution is 2.46. The molecular weight excluding hydrogens is 184 g/mol. The lowest BCUT2D eigenvalue weighted by molar-refractivity contribution is 0.259. The third kappa shape index (κ3) is 2.74. The molecule has 1 aliphatic rings. The van der Waals surface area contributed by atoms with Gasteiger partial charge < -0.3 is 11.1 Å². The van der Waals surface area contributed by atoms with Gasteiger partial charge in [-0.15, -0.1) is 12.3 Å². The van der Waals surface area contributed by atoms with Crippen LogP contribution in [0.15, 0.2) is 0 Å². The Kier molecular flexibility index (Phi) is 3.81. The van der Waals surface area contributed by atoms with Crippen molar-refractivity contribution in [3.8, 4) is 12.3 Å². The zero-order chi connectivity index (χ0) is 11.5. The number of hydrogen-bond donors (Lipinski definition) is 2. The summed E-state index contributed by atoms with van der Waals surface area (Å²) < 4.78 is 0. The topological polar surface area (TPSA) is 38.0 Å². The Bertz CT molecular complexity index is 252. The van der Waals surface area contributed by atoms with Gasteiger partial charge in [-0.25, -0.2) is 0 Å². The van der Waals surface area contributed by atoms with Crippen LogP contribution < -0.4 is 11.1 Å². The van der Waals surface area contributed by atoms with Gasteiger partial charge in [-0.05, 0) is 24.2 Å². The molecule has 2 atom stereocenters. The molecule has 2 unspecified atom stereocenters. The Morgan fingerprint density at radius 2 is 2.20 bits per heavy atom. The maximum absolute atomic E-state index is 5.95. The van der Waals surface area contributed by atoms with E-state index in [2.05, 4.69) is 32.0 Å². The van der Waals surface area contributed by atoms with Crippen LogP contribution in [0.1, 0.15) is 40.0 Å². The molecule has 0 spiro atoms. The first-order chi connectivity index (χ1) is 6.96. The van der Waals surface area contributed by atoms with Crippen molar-refractivity contribution in [3.05, 3.63) is 0 Å². The first-order valence-corrected chi connectivity index (χ1v) is 5.84. The molecule has 0 radical (unpaired) electrons. The molecule has 2 nitrogen and oxygen atoms in total. The summed E-state index contributed by atoms with van der Waals surface area (Å²) in [5.74, 6) is 3.30. The maximum atomic E-state index is 5.95. The third-order valence-corrected chi connectivity index (χ3v) is 3.71. The monoisotopic (exact) mass is 208 g/mol. The van der Waals surface area contributed by atoms with Crippen LogP contribution in [0, 0.1) is 23.7 Å². The molecular formula is C13H24N2. The SMILES string of the molecule is C#CCCNC1(CN)CC(C)(C)CC1C. The van der Waals surface area contributed by atoms with Gasteiger partial charge in [-0.1, -0.05) is 20.8 Å². The van der Waals surface area contributed by atoms with Gasteiger partial charge in [0.1, 0.15) is 0 Å². The molecule has 1 fully saturated rings. The lowest BCUT2D eigenvalue weighted by atomic mass is 9.86. The van der Waals surface area contributed by atoms with Crippen LogP contribution in [0.25, 0.3) is 0 Å². The molecule has 0 aromatic rings. The molecule has 2 heteroatoms. The summed E-state index contributed by atoms with van der Waals surface area (Å²) >= 11 is 0. The van der Waals surface area contributed by atoms with Gasteiger partial charge in [0.25, 0.3) is 0 Å². The number of nitrogens with one attached hydrogen (secondary N) is 1. The van der Waals surface area contributed by atoms with Crippen molar-refractivity contribution in [3.63, 3.8) is 0 Å². The Morgan fingerprint density at radius 1 is 1.53 bits per heavy atom. The van der Waals surface area contributed by atoms with E-state index in [9.17, 15) is 0 Å². The van der Waals surface area contributed by atoms with Gasteiger partial charge in [-0.2, -0.15) is 0 Å². The number of rotatable bonds is 4. The van der Waals surface area contributed by atoms with Crippen LogP contribution in [-0.4, -0.2) is 18.6 Å². The largest absolute Gasteiger partial charge is 0.329 e. The van der Waals surface area contributed by atoms with Gasteiger partial charge in [0.05, 0.1) is 0 Å². The number of terminal acetylenes is 1. The van der Waals surface area contributed by atoms with Crippen LogP contribution in [0.5, 0.6) is 0 Å². The first kappa shape index (κ1) is 12.5. The molecule has 1 aliphatic carbocycles. The zero-order valence-electron chi connectivity index (χ0n) is 10.3. The molecule has 0 saturated heterocycles. The minimum absolute atomic E-state index is 0.111. The van der Waals surface area contributed by atoms with Crippen molar-refractivity contribution < 1.29 is 0 Å². The predicted octanol–water partition coefficient (Wildman–Crippen LogP) is 1.75. The summed E-state index contributed by atoms with van der Waals surface area (Å²) in [6.07, 6.45) is 8.45. The molecule has 1 saturated carbocycles. The Balaban J connectivity index is 2.65. The van der Waals surface area contributed by atoms with Crippen LogP contribution in [0.4, 0.5) is 0 Å². The normalized spacial score (nSPS) is 33.9. The van der Waals surface area contributed by atoms with Gasteiger partial charge in [0.15, 0.2) is 0 Å². The molecule has 3 N–H and O–H groups in total. The van der Waals surface area contributed by atoms with E-state index >= 15 is 0 Å². The molecule has 0 aromatic carbocycles. The van der Waals surface area contributed by atoms with E-state index in [4.69, 9.17) is 12.2 Å². The average Bonchev–Trinajstić information content (AvgIpc) is 2.37. The van der Waals surface area contributed by atoms with E-state index < -0.39 is 0 Å². The lowest BCUT2D eigenvalue weighted by Gasteiger charge is -2.34. The maximum Gasteiger partial charge on any atom is 0.0335 e. The second kappa shape index (κ2) is 4.55. The zero-order valence-corrected chi connectivity index (χ0v) is 10.3. The van der Waals surface area contributed by atoms with Crippen molar-refractivity contribution >= 4 is 0 Å². The van der Waals surface area contributed by atoms with Crippen LogP contribution in [-0.2, 0) is 0 Å². The summed E-state index contributed by atoms with van der Waals surface area (Å²) in [5, 5.41) is 3.58. The van der Waals surface area contributed by atoms with E-state index in [1.54, 1.807) is 0 Å². The molecule has 0 aliphatic heterocycles. The first-order valence-electron chi connectivity index (χ1n) is 5.84. The lowest BCUT2D eigenvalue weighted by Crippen LogP contribution is -2.53. The number of nitrogens with two attached hydrogens (primary N) is 1. The summed E-state index contributed by atoms with van der Waals surface area (Å²) in [6.45, 7) is 8.54. The second-order valence-corrected chi connectivity index (χ2v) is 5.69. The Morgan fingerprint density at radius 3 is 2.60 bits per heavy atom. The fourth-order valence-electron chi connectivity index (χ4n) is 3.09. The molecule has 0 heterocycles. The standard InChI is InChI=1S/C13H24N2/c1-5-6-7-15-13(10-14)9-12(3,4)8-11(13)2/h1,11,15H,6-10,14H2,2-4H3. The molecule has 15 heavy (non-hydrogen) atoms. The van der Waals surface area contributed by atoms with Gasteiger partial charge in [0, 0.05) is 25.0 Å². The highest BCUT2D eigenvalue weighted by atomic mass is 15.0. The van der Waals surface area contributed by atoms with E-state index in [1.165, 1.54) is 6.42 Å². The quantitative estimate of drug-likeness (QED) is 0.546. The van der Waals surface area contributed by atoms with Crippen LogP contribution in [0.3, 0.4) is 0 Å². The van der Waals surface area contributed by atoms with E-state index in [-0.39, 0.29) is 5.54 Å². The van der Waals surface area contributed by atoms with Gasteiger partial charge in [-0.3, -0.25) is 0 Å². The molecule has 0 amide bonds. The van der Waals surface area contributed by atoms with Crippen LogP contribution in [0.2, 0.25) is 0 Å². The molecule has 0 bridgehead atoms. The van der Waals surface area contributed by atoms with Crippen molar-refractivity contribution in [2.45, 2.75) is 45.6 Å². The van der Waals surface area contributed by atoms with Crippen molar-refractivity contribution in [2.75, 3.05) is 13.1 Å². The minimum atomic E-state index is 0.111. The fraction of sp³-hybridized carbons (Fsp3) is 0.846. The Hall–Kier alpha value is -0.520. The highest BCUT2D eigenvalue weighted by molar-refractivity contribution is 5.05. The third-order valence-electron chi connectivity index (χ3n) is 3.71. The molecule has 1 rings (SSSR count). The fourth-order valence-corrected chi connectivity index (χ4v) is 3.09. The molecule has 0 aromatic heterocycles. The summed E-state index contributed by atoms with van der Waals surface area (Å²) in [6, 6.07) is 0. The molecule has 86 valence electrons. The van der Waals surface area contributed by atoms with Gasteiger partial charge >= 0.3 is 0 Å². The second-order valence-electron chi connectivity index (χ2n) is 5.69. The van der Waals surface area contributed by atoms with E-state index in [0.717, 1.165) is 19.4 Å². The van der Waals surface area contributed by atoms with E-state index in [0.29, 0.717) is 17.9 Å². The summed E-state index contributed by atoms with van der Waals surface area (Å²) in [7, 11) is 0. The summed E-state index contributed by atoms with van der Waals surface area (Å²) in [5.41, 5.74) is 6.46. The predicted molar refractivity (Wildman–Crippen MR) is 65.4 cm³/mol. The van der Waals surface area contributed by atoms with Crippen molar-refractivity contribution in [1.29, 1.82) is 0 Å². The smallest absolute Gasteiger partial charge is 0.0335 e.